The molecule has 3 aromatic rings. The Kier molecular flexibility index (Phi) is 6.22. The summed E-state index contributed by atoms with van der Waals surface area (Å²) >= 11 is 0. The summed E-state index contributed by atoms with van der Waals surface area (Å²) in [5, 5.41) is 30.8. The molecular weight excluding hydrogens is 426 g/mol. The maximum atomic E-state index is 10.6. The lowest BCUT2D eigenvalue weighted by Crippen LogP contribution is -2.22. The van der Waals surface area contributed by atoms with E-state index < -0.39 is 0 Å². The molecule has 2 aliphatic heterocycles. The van der Waals surface area contributed by atoms with Crippen molar-refractivity contribution in [2.45, 2.75) is 32.7 Å². The van der Waals surface area contributed by atoms with Gasteiger partial charge in [0.15, 0.2) is 0 Å². The van der Waals surface area contributed by atoms with Crippen molar-refractivity contribution in [3.63, 3.8) is 0 Å². The van der Waals surface area contributed by atoms with Crippen LogP contribution >= 0.6 is 0 Å². The molecule has 0 saturated heterocycles. The molecule has 1 aromatic heterocycles. The van der Waals surface area contributed by atoms with Gasteiger partial charge < -0.3 is 4.57 Å². The molecule has 8 nitrogen and oxygen atoms in total. The SMILES string of the molecule is CCCCc1nccn1Cc1ccc(=c2ccccc2=C2N=NN=N2)c(=C2C=CC=CN2O)c1. The molecule has 0 radical (unpaired) electrons. The van der Waals surface area contributed by atoms with Crippen LogP contribution in [0.2, 0.25) is 0 Å². The second-order valence-electron chi connectivity index (χ2n) is 8.13. The number of benzene rings is 2. The quantitative estimate of drug-likeness (QED) is 0.626. The lowest BCUT2D eigenvalue weighted by Gasteiger charge is -2.16. The molecule has 0 fully saturated rings. The Labute approximate surface area is 196 Å². The molecule has 0 spiro atoms. The van der Waals surface area contributed by atoms with Crippen LogP contribution in [0.3, 0.4) is 0 Å². The standard InChI is InChI=1S/C26H25N7O/c1-2-3-11-25-27-14-16-32(25)18-19-12-13-21(23(17-19)24-10-6-7-15-33(24)34)20-8-4-5-9-22(20)26-28-30-31-29-26/h4-10,12-17,34H,2-3,11,18H2,1H3. The first-order valence-electron chi connectivity index (χ1n) is 11.4. The number of hydroxylamine groups is 2. The largest absolute Gasteiger partial charge is 0.331 e. The molecule has 170 valence electrons. The van der Waals surface area contributed by atoms with Crippen molar-refractivity contribution in [3.05, 3.63) is 112 Å². The Morgan fingerprint density at radius 3 is 2.50 bits per heavy atom. The van der Waals surface area contributed by atoms with Gasteiger partial charge in [0, 0.05) is 42.0 Å². The van der Waals surface area contributed by atoms with E-state index in [-0.39, 0.29) is 0 Å². The Balaban J connectivity index is 1.76. The fourth-order valence-corrected chi connectivity index (χ4v) is 4.19. The van der Waals surface area contributed by atoms with Crippen LogP contribution < -0.4 is 10.4 Å². The monoisotopic (exact) mass is 451 g/mol. The molecule has 5 rings (SSSR count). The third kappa shape index (κ3) is 4.35. The minimum Gasteiger partial charge on any atom is -0.331 e. The zero-order valence-electron chi connectivity index (χ0n) is 18.9. The van der Waals surface area contributed by atoms with Crippen LogP contribution in [-0.2, 0) is 13.0 Å². The predicted molar refractivity (Wildman–Crippen MR) is 128 cm³/mol. The van der Waals surface area contributed by atoms with Crippen molar-refractivity contribution in [2.24, 2.45) is 20.7 Å². The molecule has 0 aliphatic carbocycles. The Hall–Kier alpha value is -4.17. The maximum Gasteiger partial charge on any atom is 0.207 e. The molecule has 1 N–H and O–H groups in total. The van der Waals surface area contributed by atoms with Crippen molar-refractivity contribution in [3.8, 4) is 0 Å². The van der Waals surface area contributed by atoms with Gasteiger partial charge in [-0.15, -0.1) is 10.2 Å². The Morgan fingerprint density at radius 2 is 1.71 bits per heavy atom. The van der Waals surface area contributed by atoms with Crippen LogP contribution in [0.15, 0.2) is 100.0 Å². The summed E-state index contributed by atoms with van der Waals surface area (Å²) in [6.07, 6.45) is 14.3. The number of aryl methyl sites for hydroxylation is 1. The molecule has 8 heteroatoms. The van der Waals surface area contributed by atoms with E-state index in [4.69, 9.17) is 0 Å². The van der Waals surface area contributed by atoms with Crippen molar-refractivity contribution in [1.29, 1.82) is 0 Å². The summed E-state index contributed by atoms with van der Waals surface area (Å²) < 4.78 is 2.19. The second-order valence-corrected chi connectivity index (χ2v) is 8.13. The Morgan fingerprint density at radius 1 is 0.912 bits per heavy atom. The number of rotatable bonds is 5. The zero-order chi connectivity index (χ0) is 23.3. The lowest BCUT2D eigenvalue weighted by atomic mass is 10.1. The summed E-state index contributed by atoms with van der Waals surface area (Å²) in [4.78, 5) is 4.54. The highest BCUT2D eigenvalue weighted by Crippen LogP contribution is 2.13. The van der Waals surface area contributed by atoms with Gasteiger partial charge in [-0.05, 0) is 51.1 Å². The van der Waals surface area contributed by atoms with Gasteiger partial charge in [0.25, 0.3) is 0 Å². The first-order valence-corrected chi connectivity index (χ1v) is 11.4. The zero-order valence-corrected chi connectivity index (χ0v) is 18.9. The van der Waals surface area contributed by atoms with Crippen LogP contribution in [0.5, 0.6) is 0 Å². The highest BCUT2D eigenvalue weighted by Gasteiger charge is 2.09. The molecule has 0 bridgehead atoms. The van der Waals surface area contributed by atoms with Crippen molar-refractivity contribution < 1.29 is 5.21 Å². The molecule has 0 amide bonds. The van der Waals surface area contributed by atoms with Crippen molar-refractivity contribution in [2.75, 3.05) is 0 Å². The number of hydrogen-bond acceptors (Lipinski definition) is 7. The molecule has 0 unspecified atom stereocenters. The summed E-state index contributed by atoms with van der Waals surface area (Å²) in [6, 6.07) is 14.2. The summed E-state index contributed by atoms with van der Waals surface area (Å²) in [5.41, 5.74) is 1.80. The van der Waals surface area contributed by atoms with Gasteiger partial charge in [0.05, 0.1) is 5.70 Å². The van der Waals surface area contributed by atoms with Gasteiger partial charge in [0.1, 0.15) is 5.82 Å². The summed E-state index contributed by atoms with van der Waals surface area (Å²) in [7, 11) is 0. The third-order valence-electron chi connectivity index (χ3n) is 5.88. The number of allylic oxidation sites excluding steroid dienone is 2. The fourth-order valence-electron chi connectivity index (χ4n) is 4.19. The van der Waals surface area contributed by atoms with Crippen LogP contribution in [0, 0.1) is 10.4 Å². The van der Waals surface area contributed by atoms with E-state index in [2.05, 4.69) is 55.3 Å². The molecule has 3 heterocycles. The van der Waals surface area contributed by atoms with E-state index in [1.807, 2.05) is 48.8 Å². The van der Waals surface area contributed by atoms with E-state index in [0.717, 1.165) is 56.6 Å². The average molecular weight is 452 g/mol. The molecule has 2 aliphatic rings. The van der Waals surface area contributed by atoms with Crippen LogP contribution in [0.4, 0.5) is 0 Å². The van der Waals surface area contributed by atoms with Gasteiger partial charge in [-0.25, -0.2) is 10.0 Å². The molecular formula is C26H25N7O. The molecule has 0 saturated carbocycles. The van der Waals surface area contributed by atoms with E-state index in [1.54, 1.807) is 12.3 Å². The maximum absolute atomic E-state index is 10.6. The fraction of sp³-hybridized carbons (Fsp3) is 0.192. The number of unbranched alkanes of at least 4 members (excludes halogenated alkanes) is 1. The summed E-state index contributed by atoms with van der Waals surface area (Å²) in [5.74, 6) is 1.55. The van der Waals surface area contributed by atoms with Crippen molar-refractivity contribution >= 4 is 11.5 Å². The first kappa shape index (κ1) is 21.7. The predicted octanol–water partition coefficient (Wildman–Crippen LogP) is 4.34. The van der Waals surface area contributed by atoms with E-state index >= 15 is 0 Å². The van der Waals surface area contributed by atoms with Crippen LogP contribution in [-0.4, -0.2) is 19.8 Å². The average Bonchev–Trinajstić information content (AvgIpc) is 3.56. The third-order valence-corrected chi connectivity index (χ3v) is 5.88. The van der Waals surface area contributed by atoms with Gasteiger partial charge in [-0.1, -0.05) is 55.8 Å². The van der Waals surface area contributed by atoms with Gasteiger partial charge in [0.2, 0.25) is 5.82 Å². The number of hydrogen-bond donors (Lipinski definition) is 1. The van der Waals surface area contributed by atoms with E-state index in [9.17, 15) is 5.21 Å². The van der Waals surface area contributed by atoms with Gasteiger partial charge in [-0.3, -0.25) is 5.21 Å². The normalized spacial score (nSPS) is 17.2. The minimum absolute atomic E-state index is 0.467. The minimum atomic E-state index is 0.467. The second kappa shape index (κ2) is 9.76. The molecule has 0 atom stereocenters. The number of imidazole rings is 1. The number of nitrogens with zero attached hydrogens (tertiary/aromatic N) is 7. The van der Waals surface area contributed by atoms with E-state index in [1.165, 1.54) is 0 Å². The smallest absolute Gasteiger partial charge is 0.207 e. The topological polar surface area (TPSA) is 90.7 Å². The molecule has 2 aromatic carbocycles. The van der Waals surface area contributed by atoms with Crippen LogP contribution in [0.1, 0.15) is 31.2 Å². The van der Waals surface area contributed by atoms with Crippen molar-refractivity contribution in [1.82, 2.24) is 14.6 Å². The van der Waals surface area contributed by atoms with Gasteiger partial charge in [-0.2, -0.15) is 0 Å². The highest BCUT2D eigenvalue weighted by atomic mass is 16.5. The van der Waals surface area contributed by atoms with E-state index in [0.29, 0.717) is 18.1 Å². The first-order chi connectivity index (χ1) is 16.7. The van der Waals surface area contributed by atoms with Crippen LogP contribution in [0.25, 0.3) is 11.5 Å². The summed E-state index contributed by atoms with van der Waals surface area (Å²) in [6.45, 7) is 2.89. The highest BCUT2D eigenvalue weighted by molar-refractivity contribution is 5.58. The Bertz CT molecular complexity index is 1530. The van der Waals surface area contributed by atoms with Gasteiger partial charge >= 0.3 is 0 Å². The lowest BCUT2D eigenvalue weighted by molar-refractivity contribution is 0.0241. The molecule has 34 heavy (non-hydrogen) atoms. The number of aromatic nitrogens is 2.